The summed E-state index contributed by atoms with van der Waals surface area (Å²) in [5.74, 6) is 1.72. The number of amides is 2. The number of rotatable bonds is 9. The highest BCUT2D eigenvalue weighted by Crippen LogP contribution is 2.53. The summed E-state index contributed by atoms with van der Waals surface area (Å²) in [6, 6.07) is 2.79. The molecule has 4 aliphatic carbocycles. The average Bonchev–Trinajstić information content (AvgIpc) is 3.77. The van der Waals surface area contributed by atoms with Crippen molar-refractivity contribution in [1.82, 2.24) is 10.2 Å². The lowest BCUT2D eigenvalue weighted by Crippen LogP contribution is -2.58. The number of aliphatic hydroxyl groups excluding tert-OH is 3. The van der Waals surface area contributed by atoms with Crippen molar-refractivity contribution in [3.8, 4) is 11.5 Å². The molecule has 7 unspecified atom stereocenters. The number of nitrogens with one attached hydrogen (secondary N) is 1. The molecule has 6 rings (SSSR count). The molecule has 1 heterocycles. The predicted molar refractivity (Wildman–Crippen MR) is 147 cm³/mol. The van der Waals surface area contributed by atoms with Gasteiger partial charge in [0.1, 0.15) is 12.2 Å². The second kappa shape index (κ2) is 11.3. The number of carbonyl (C=O) groups is 2. The lowest BCUT2D eigenvalue weighted by Gasteiger charge is -2.43. The fourth-order valence-electron chi connectivity index (χ4n) is 8.34. The van der Waals surface area contributed by atoms with E-state index in [2.05, 4.69) is 5.32 Å². The second-order valence-electron chi connectivity index (χ2n) is 12.4. The molecule has 2 bridgehead atoms. The van der Waals surface area contributed by atoms with Gasteiger partial charge in [-0.05, 0) is 73.6 Å². The van der Waals surface area contributed by atoms with Crippen LogP contribution in [-0.2, 0) is 16.2 Å². The summed E-state index contributed by atoms with van der Waals surface area (Å²) >= 11 is 0. The van der Waals surface area contributed by atoms with E-state index < -0.39 is 24.2 Å². The maximum absolute atomic E-state index is 14.1. The zero-order chi connectivity index (χ0) is 28.0. The van der Waals surface area contributed by atoms with Gasteiger partial charge < -0.3 is 35.0 Å². The van der Waals surface area contributed by atoms with Gasteiger partial charge in [-0.3, -0.25) is 9.59 Å². The van der Waals surface area contributed by atoms with Crippen LogP contribution in [0.2, 0.25) is 0 Å². The first-order valence-electron chi connectivity index (χ1n) is 15.0. The summed E-state index contributed by atoms with van der Waals surface area (Å²) in [7, 11) is 1.52. The highest BCUT2D eigenvalue weighted by molar-refractivity contribution is 5.96. The third kappa shape index (κ3) is 4.80. The van der Waals surface area contributed by atoms with Crippen molar-refractivity contribution in [3.63, 3.8) is 0 Å². The summed E-state index contributed by atoms with van der Waals surface area (Å²) < 4.78 is 11.9. The number of aliphatic hydroxyl groups is 3. The summed E-state index contributed by atoms with van der Waals surface area (Å²) in [5, 5.41) is 33.9. The van der Waals surface area contributed by atoms with Crippen LogP contribution in [0.1, 0.15) is 74.8 Å². The third-order valence-electron chi connectivity index (χ3n) is 10.1. The minimum atomic E-state index is -1.06. The zero-order valence-electron chi connectivity index (χ0n) is 23.3. The van der Waals surface area contributed by atoms with Crippen molar-refractivity contribution in [2.45, 2.75) is 94.6 Å². The van der Waals surface area contributed by atoms with Crippen LogP contribution in [0.3, 0.4) is 0 Å². The number of hydrogen-bond donors (Lipinski definition) is 4. The van der Waals surface area contributed by atoms with Gasteiger partial charge in [-0.25, -0.2) is 0 Å². The Kier molecular flexibility index (Phi) is 7.81. The van der Waals surface area contributed by atoms with Gasteiger partial charge in [0.05, 0.1) is 32.3 Å². The Balaban J connectivity index is 1.38. The first-order valence-corrected chi connectivity index (χ1v) is 15.0. The van der Waals surface area contributed by atoms with Crippen molar-refractivity contribution < 1.29 is 34.4 Å². The molecule has 7 atom stereocenters. The molecule has 0 radical (unpaired) electrons. The minimum absolute atomic E-state index is 0.0135. The number of hydrogen-bond acceptors (Lipinski definition) is 7. The normalized spacial score (nSPS) is 32.3. The molecule has 0 aromatic heterocycles. The fourth-order valence-corrected chi connectivity index (χ4v) is 8.34. The largest absolute Gasteiger partial charge is 0.493 e. The van der Waals surface area contributed by atoms with Crippen LogP contribution in [0.4, 0.5) is 0 Å². The van der Waals surface area contributed by atoms with Crippen molar-refractivity contribution >= 4 is 11.8 Å². The van der Waals surface area contributed by atoms with Gasteiger partial charge in [0.25, 0.3) is 0 Å². The zero-order valence-corrected chi connectivity index (χ0v) is 23.3. The Morgan fingerprint density at radius 2 is 1.93 bits per heavy atom. The van der Waals surface area contributed by atoms with E-state index in [0.717, 1.165) is 38.0 Å². The van der Waals surface area contributed by atoms with E-state index in [9.17, 15) is 24.9 Å². The molecule has 40 heavy (non-hydrogen) atoms. The van der Waals surface area contributed by atoms with Gasteiger partial charge in [-0.1, -0.05) is 19.3 Å². The van der Waals surface area contributed by atoms with Crippen molar-refractivity contribution in [2.24, 2.45) is 17.8 Å². The summed E-state index contributed by atoms with van der Waals surface area (Å²) in [6.07, 6.45) is 9.07. The molecule has 4 N–H and O–H groups in total. The van der Waals surface area contributed by atoms with E-state index in [-0.39, 0.29) is 37.6 Å². The molecule has 1 aromatic rings. The molecule has 218 valence electrons. The Morgan fingerprint density at radius 3 is 2.58 bits per heavy atom. The second-order valence-corrected chi connectivity index (χ2v) is 12.4. The van der Waals surface area contributed by atoms with Crippen LogP contribution in [0.25, 0.3) is 0 Å². The predicted octanol–water partition coefficient (Wildman–Crippen LogP) is 2.41. The van der Waals surface area contributed by atoms with Crippen molar-refractivity contribution in [1.29, 1.82) is 0 Å². The molecule has 9 nitrogen and oxygen atoms in total. The first kappa shape index (κ1) is 27.5. The lowest BCUT2D eigenvalue weighted by atomic mass is 9.76. The maximum atomic E-state index is 14.1. The summed E-state index contributed by atoms with van der Waals surface area (Å²) in [4.78, 5) is 29.5. The third-order valence-corrected chi connectivity index (χ3v) is 10.1. The molecule has 9 heteroatoms. The van der Waals surface area contributed by atoms with E-state index in [4.69, 9.17) is 9.47 Å². The molecular formula is C31H42N2O7. The van der Waals surface area contributed by atoms with Crippen LogP contribution < -0.4 is 14.8 Å². The lowest BCUT2D eigenvalue weighted by molar-refractivity contribution is -0.141. The molecular weight excluding hydrogens is 512 g/mol. The molecule has 0 saturated heterocycles. The Labute approximate surface area is 235 Å². The monoisotopic (exact) mass is 554 g/mol. The number of benzene rings is 1. The number of carbonyl (C=O) groups excluding carboxylic acids is 2. The fraction of sp³-hybridized carbons (Fsp3) is 0.677. The molecule has 1 aromatic carbocycles. The smallest absolute Gasteiger partial charge is 0.247 e. The van der Waals surface area contributed by atoms with E-state index >= 15 is 0 Å². The van der Waals surface area contributed by atoms with Crippen LogP contribution in [-0.4, -0.2) is 76.6 Å². The van der Waals surface area contributed by atoms with E-state index in [1.807, 2.05) is 4.90 Å². The topological polar surface area (TPSA) is 129 Å². The van der Waals surface area contributed by atoms with Crippen LogP contribution >= 0.6 is 0 Å². The summed E-state index contributed by atoms with van der Waals surface area (Å²) in [6.45, 7) is -0.329. The standard InChI is InChI=1S/C31H42N2O7/c1-39-25-13-18(16-35)12-22-27-23(31(38)32-8-9-34)15-24(28(37)30(27)40-29(22)25)33(21-4-2-3-5-21)26(36)14-20-11-17-6-7-19(20)10-17/h12-13,15,17,19-21,24,27-28,30,34-35,37H,2-11,14,16H2,1H3,(H,32,38). The van der Waals surface area contributed by atoms with Crippen LogP contribution in [0.5, 0.6) is 11.5 Å². The van der Waals surface area contributed by atoms with Gasteiger partial charge in [-0.15, -0.1) is 0 Å². The molecule has 3 saturated carbocycles. The van der Waals surface area contributed by atoms with Crippen molar-refractivity contribution in [2.75, 3.05) is 20.3 Å². The Morgan fingerprint density at radius 1 is 1.12 bits per heavy atom. The molecule has 0 spiro atoms. The van der Waals surface area contributed by atoms with Gasteiger partial charge in [0, 0.05) is 30.1 Å². The molecule has 3 fully saturated rings. The maximum Gasteiger partial charge on any atom is 0.247 e. The average molecular weight is 555 g/mol. The van der Waals surface area contributed by atoms with Gasteiger partial charge in [0.2, 0.25) is 11.8 Å². The van der Waals surface area contributed by atoms with E-state index in [0.29, 0.717) is 46.5 Å². The molecule has 1 aliphatic heterocycles. The first-order chi connectivity index (χ1) is 19.4. The molecule has 2 amide bonds. The van der Waals surface area contributed by atoms with E-state index in [1.54, 1.807) is 18.2 Å². The van der Waals surface area contributed by atoms with E-state index in [1.165, 1.54) is 26.4 Å². The summed E-state index contributed by atoms with van der Waals surface area (Å²) in [5.41, 5.74) is 1.68. The van der Waals surface area contributed by atoms with Gasteiger partial charge >= 0.3 is 0 Å². The van der Waals surface area contributed by atoms with Crippen molar-refractivity contribution in [3.05, 3.63) is 34.9 Å². The Hall–Kier alpha value is -2.62. The minimum Gasteiger partial charge on any atom is -0.493 e. The molecule has 5 aliphatic rings. The van der Waals surface area contributed by atoms with Gasteiger partial charge in [0.15, 0.2) is 11.5 Å². The number of nitrogens with zero attached hydrogens (tertiary/aromatic N) is 1. The highest BCUT2D eigenvalue weighted by atomic mass is 16.5. The highest BCUT2D eigenvalue weighted by Gasteiger charge is 2.53. The Bertz CT molecular complexity index is 1160. The number of ether oxygens (including phenoxy) is 2. The SMILES string of the molecule is COc1cc(CO)cc2c1OC1C2C(C(=O)NCCO)=CC(N(C(=O)CC2CC3CCC2C3)C2CCCC2)C1O. The number of methoxy groups -OCH3 is 1. The van der Waals surface area contributed by atoms with Crippen LogP contribution in [0, 0.1) is 17.8 Å². The van der Waals surface area contributed by atoms with Crippen LogP contribution in [0.15, 0.2) is 23.8 Å². The van der Waals surface area contributed by atoms with Gasteiger partial charge in [-0.2, -0.15) is 0 Å². The quantitative estimate of drug-likeness (QED) is 0.369. The number of fused-ring (bicyclic) bond motifs is 5.